The fourth-order valence-corrected chi connectivity index (χ4v) is 3.17. The van der Waals surface area contributed by atoms with Gasteiger partial charge in [0.1, 0.15) is 22.7 Å². The van der Waals surface area contributed by atoms with Gasteiger partial charge in [-0.2, -0.15) is 8.78 Å². The zero-order valence-corrected chi connectivity index (χ0v) is 15.4. The first kappa shape index (κ1) is 21.1. The van der Waals surface area contributed by atoms with Gasteiger partial charge in [0.05, 0.1) is 0 Å². The minimum Gasteiger partial charge on any atom is -0.487 e. The Morgan fingerprint density at radius 3 is 2.33 bits per heavy atom. The maximum atomic E-state index is 13.9. The molecule has 0 heterocycles. The molecule has 1 N–H and O–H groups in total. The number of esters is 1. The summed E-state index contributed by atoms with van der Waals surface area (Å²) in [5, 5.41) is 8.74. The fraction of sp³-hybridized carbons (Fsp3) is 0.579. The second kappa shape index (κ2) is 7.78. The summed E-state index contributed by atoms with van der Waals surface area (Å²) < 4.78 is 52.2. The molecule has 0 amide bonds. The van der Waals surface area contributed by atoms with Crippen LogP contribution in [0.25, 0.3) is 0 Å². The Bertz CT molecular complexity index is 711. The monoisotopic (exact) mass is 388 g/mol. The molecule has 1 aromatic carbocycles. The van der Waals surface area contributed by atoms with Crippen LogP contribution in [0.2, 0.25) is 0 Å². The number of carboxylic acids is 1. The van der Waals surface area contributed by atoms with E-state index in [9.17, 15) is 22.8 Å². The molecule has 0 spiro atoms. The average molecular weight is 388 g/mol. The quantitative estimate of drug-likeness (QED) is 0.699. The fourth-order valence-electron chi connectivity index (χ4n) is 3.17. The number of hydrogen-bond acceptors (Lipinski definition) is 4. The summed E-state index contributed by atoms with van der Waals surface area (Å²) in [6, 6.07) is 3.07. The van der Waals surface area contributed by atoms with E-state index >= 15 is 0 Å². The molecule has 0 aliphatic heterocycles. The first-order chi connectivity index (χ1) is 12.5. The predicted molar refractivity (Wildman–Crippen MR) is 90.5 cm³/mol. The van der Waals surface area contributed by atoms with Gasteiger partial charge in [-0.05, 0) is 50.7 Å². The number of alkyl halides is 2. The molecule has 1 aliphatic carbocycles. The predicted octanol–water partition coefficient (Wildman–Crippen LogP) is 4.44. The van der Waals surface area contributed by atoms with Gasteiger partial charge < -0.3 is 14.6 Å². The van der Waals surface area contributed by atoms with Gasteiger partial charge in [-0.3, -0.25) is 0 Å². The molecule has 8 heteroatoms. The van der Waals surface area contributed by atoms with Crippen LogP contribution < -0.4 is 4.74 Å². The Hall–Kier alpha value is -2.25. The third kappa shape index (κ3) is 4.73. The van der Waals surface area contributed by atoms with Crippen molar-refractivity contribution in [3.63, 3.8) is 0 Å². The number of aliphatic carboxylic acids is 1. The van der Waals surface area contributed by atoms with Crippen LogP contribution in [0.5, 0.6) is 5.75 Å². The van der Waals surface area contributed by atoms with Crippen LogP contribution in [-0.4, -0.2) is 34.7 Å². The lowest BCUT2D eigenvalue weighted by Gasteiger charge is -2.29. The van der Waals surface area contributed by atoms with Crippen LogP contribution in [0, 0.1) is 11.7 Å². The molecule has 0 radical (unpaired) electrons. The van der Waals surface area contributed by atoms with E-state index in [2.05, 4.69) is 0 Å². The number of benzene rings is 1. The molecule has 1 fully saturated rings. The first-order valence-electron chi connectivity index (χ1n) is 8.77. The summed E-state index contributed by atoms with van der Waals surface area (Å²) in [7, 11) is 0. The van der Waals surface area contributed by atoms with Crippen molar-refractivity contribution in [1.82, 2.24) is 0 Å². The summed E-state index contributed by atoms with van der Waals surface area (Å²) >= 11 is 0. The molecule has 0 bridgehead atoms. The largest absolute Gasteiger partial charge is 0.487 e. The van der Waals surface area contributed by atoms with E-state index in [0.29, 0.717) is 12.8 Å². The maximum absolute atomic E-state index is 13.9. The van der Waals surface area contributed by atoms with E-state index in [0.717, 1.165) is 31.0 Å². The van der Waals surface area contributed by atoms with Crippen molar-refractivity contribution in [3.8, 4) is 5.75 Å². The summed E-state index contributed by atoms with van der Waals surface area (Å²) in [6.45, 7) is 4.46. The highest BCUT2D eigenvalue weighted by atomic mass is 19.3. The Balaban J connectivity index is 2.31. The van der Waals surface area contributed by atoms with Gasteiger partial charge in [-0.25, -0.2) is 14.0 Å². The standard InChI is InChI=1S/C19H23F3O5/c1-11(2)15(19(21,22)17(24)25)26-16(23)13-7-6-12(20)10-14(13)27-18(3)8-4-5-9-18/h6-7,10-11,15H,4-5,8-9H2,1-3H3,(H,24,25). The van der Waals surface area contributed by atoms with E-state index in [-0.39, 0.29) is 11.3 Å². The average Bonchev–Trinajstić information content (AvgIpc) is 2.98. The SMILES string of the molecule is CC(C)C(OC(=O)c1ccc(F)cc1OC1(C)CCCC1)C(F)(F)C(=O)O. The molecule has 1 saturated carbocycles. The van der Waals surface area contributed by atoms with E-state index < -0.39 is 41.3 Å². The lowest BCUT2D eigenvalue weighted by atomic mass is 10.0. The normalized spacial score (nSPS) is 17.6. The minimum absolute atomic E-state index is 0.106. The van der Waals surface area contributed by atoms with E-state index in [1.165, 1.54) is 13.8 Å². The molecule has 1 unspecified atom stereocenters. The number of halogens is 3. The van der Waals surface area contributed by atoms with E-state index in [1.54, 1.807) is 0 Å². The molecular formula is C19H23F3O5. The van der Waals surface area contributed by atoms with Crippen molar-refractivity contribution >= 4 is 11.9 Å². The zero-order valence-electron chi connectivity index (χ0n) is 15.4. The Labute approximate surface area is 155 Å². The summed E-state index contributed by atoms with van der Waals surface area (Å²) in [5.41, 5.74) is -0.818. The highest BCUT2D eigenvalue weighted by molar-refractivity contribution is 5.93. The second-order valence-electron chi connectivity index (χ2n) is 7.40. The van der Waals surface area contributed by atoms with Gasteiger partial charge in [-0.15, -0.1) is 0 Å². The highest BCUT2D eigenvalue weighted by Crippen LogP contribution is 2.36. The molecule has 1 aliphatic rings. The maximum Gasteiger partial charge on any atom is 0.378 e. The smallest absolute Gasteiger partial charge is 0.378 e. The third-order valence-corrected chi connectivity index (χ3v) is 4.66. The van der Waals surface area contributed by atoms with Crippen molar-refractivity contribution in [2.45, 2.75) is 64.1 Å². The molecule has 5 nitrogen and oxygen atoms in total. The number of carbonyl (C=O) groups is 2. The van der Waals surface area contributed by atoms with E-state index in [1.807, 2.05) is 6.92 Å². The number of carbonyl (C=O) groups excluding carboxylic acids is 1. The summed E-state index contributed by atoms with van der Waals surface area (Å²) in [5.74, 6) is -9.56. The van der Waals surface area contributed by atoms with Gasteiger partial charge >= 0.3 is 17.9 Å². The van der Waals surface area contributed by atoms with Crippen molar-refractivity contribution in [2.75, 3.05) is 0 Å². The highest BCUT2D eigenvalue weighted by Gasteiger charge is 2.52. The first-order valence-corrected chi connectivity index (χ1v) is 8.77. The van der Waals surface area contributed by atoms with Crippen LogP contribution in [-0.2, 0) is 9.53 Å². The van der Waals surface area contributed by atoms with Gasteiger partial charge in [-0.1, -0.05) is 13.8 Å². The third-order valence-electron chi connectivity index (χ3n) is 4.66. The van der Waals surface area contributed by atoms with Crippen molar-refractivity contribution in [2.24, 2.45) is 5.92 Å². The van der Waals surface area contributed by atoms with Crippen molar-refractivity contribution in [1.29, 1.82) is 0 Å². The molecule has 1 atom stereocenters. The van der Waals surface area contributed by atoms with Crippen molar-refractivity contribution < 1.29 is 37.3 Å². The molecule has 1 aromatic rings. The minimum atomic E-state index is -4.26. The van der Waals surface area contributed by atoms with Gasteiger partial charge in [0.2, 0.25) is 0 Å². The van der Waals surface area contributed by atoms with Gasteiger partial charge in [0, 0.05) is 6.07 Å². The summed E-state index contributed by atoms with van der Waals surface area (Å²) in [6.07, 6.45) is 1.09. The van der Waals surface area contributed by atoms with Crippen molar-refractivity contribution in [3.05, 3.63) is 29.6 Å². The van der Waals surface area contributed by atoms with E-state index in [4.69, 9.17) is 14.6 Å². The van der Waals surface area contributed by atoms with Crippen LogP contribution >= 0.6 is 0 Å². The molecule has 2 rings (SSSR count). The lowest BCUT2D eigenvalue weighted by molar-refractivity contribution is -0.187. The van der Waals surface area contributed by atoms with Crippen LogP contribution in [0.4, 0.5) is 13.2 Å². The Morgan fingerprint density at radius 1 is 1.22 bits per heavy atom. The number of rotatable bonds is 7. The second-order valence-corrected chi connectivity index (χ2v) is 7.40. The van der Waals surface area contributed by atoms with Gasteiger partial charge in [0.15, 0.2) is 6.10 Å². The van der Waals surface area contributed by atoms with Crippen LogP contribution in [0.1, 0.15) is 56.8 Å². The molecule has 27 heavy (non-hydrogen) atoms. The Kier molecular flexibility index (Phi) is 6.07. The van der Waals surface area contributed by atoms with Crippen LogP contribution in [0.15, 0.2) is 18.2 Å². The lowest BCUT2D eigenvalue weighted by Crippen LogP contribution is -2.47. The molecule has 0 aromatic heterocycles. The molecule has 0 saturated heterocycles. The molecular weight excluding hydrogens is 365 g/mol. The Morgan fingerprint density at radius 2 is 1.81 bits per heavy atom. The number of hydrogen-bond donors (Lipinski definition) is 1. The van der Waals surface area contributed by atoms with Gasteiger partial charge in [0.25, 0.3) is 0 Å². The number of ether oxygens (including phenoxy) is 2. The topological polar surface area (TPSA) is 72.8 Å². The molecule has 150 valence electrons. The zero-order chi connectivity index (χ0) is 20.4. The number of carboxylic acid groups (broad SMARTS) is 1. The summed E-state index contributed by atoms with van der Waals surface area (Å²) in [4.78, 5) is 23.3. The van der Waals surface area contributed by atoms with Crippen LogP contribution in [0.3, 0.4) is 0 Å².